The molecule has 1 aromatic carbocycles. The molecule has 0 radical (unpaired) electrons. The minimum absolute atomic E-state index is 0.00878. The van der Waals surface area contributed by atoms with E-state index in [9.17, 15) is 27.6 Å². The lowest BCUT2D eigenvalue weighted by Crippen LogP contribution is -2.52. The Labute approximate surface area is 188 Å². The van der Waals surface area contributed by atoms with Gasteiger partial charge in [-0.15, -0.1) is 0 Å². The molecule has 2 saturated heterocycles. The first-order valence-electron chi connectivity index (χ1n) is 10.2. The van der Waals surface area contributed by atoms with Gasteiger partial charge in [0.1, 0.15) is 5.54 Å². The van der Waals surface area contributed by atoms with Crippen LogP contribution >= 0.6 is 11.6 Å². The van der Waals surface area contributed by atoms with Crippen molar-refractivity contribution in [2.24, 2.45) is 0 Å². The molecule has 2 heterocycles. The maximum Gasteiger partial charge on any atom is 0.417 e. The molecule has 2 N–H and O–H groups in total. The molecule has 0 bridgehead atoms. The van der Waals surface area contributed by atoms with Gasteiger partial charge in [0.05, 0.1) is 23.8 Å². The summed E-state index contributed by atoms with van der Waals surface area (Å²) in [4.78, 5) is 41.9. The third-order valence-electron chi connectivity index (χ3n) is 5.78. The van der Waals surface area contributed by atoms with E-state index in [4.69, 9.17) is 11.6 Å². The fourth-order valence-electron chi connectivity index (χ4n) is 3.63. The second-order valence-corrected chi connectivity index (χ2v) is 8.53. The Hall–Kier alpha value is -2.37. The summed E-state index contributed by atoms with van der Waals surface area (Å²) < 4.78 is 38.9. The SMILES string of the molecule is CCC1(C)NC(=O)N(CN2CCN(CC(=O)Nc3ccc(Cl)c(C(F)(F)F)c3)CC2)C1=O. The minimum atomic E-state index is -4.61. The zero-order valence-electron chi connectivity index (χ0n) is 17.8. The maximum atomic E-state index is 13.0. The van der Waals surface area contributed by atoms with Crippen molar-refractivity contribution in [2.45, 2.75) is 32.0 Å². The molecule has 3 rings (SSSR count). The van der Waals surface area contributed by atoms with Gasteiger partial charge in [0.25, 0.3) is 5.91 Å². The molecule has 12 heteroatoms. The summed E-state index contributed by atoms with van der Waals surface area (Å²) in [5.41, 5.74) is -1.88. The standard InChI is InChI=1S/C20H25ClF3N5O3/c1-3-19(2)17(31)29(18(32)26-19)12-28-8-6-27(7-9-28)11-16(30)25-13-4-5-15(21)14(10-13)20(22,23)24/h4-5,10H,3,6-9,11-12H2,1-2H3,(H,25,30)(H,26,32). The van der Waals surface area contributed by atoms with E-state index < -0.39 is 34.2 Å². The van der Waals surface area contributed by atoms with Crippen LogP contribution in [-0.4, -0.2) is 77.5 Å². The van der Waals surface area contributed by atoms with E-state index in [2.05, 4.69) is 10.6 Å². The number of rotatable bonds is 6. The van der Waals surface area contributed by atoms with E-state index in [0.29, 0.717) is 32.6 Å². The molecule has 176 valence electrons. The fourth-order valence-corrected chi connectivity index (χ4v) is 3.85. The van der Waals surface area contributed by atoms with Crippen LogP contribution in [0.3, 0.4) is 0 Å². The lowest BCUT2D eigenvalue weighted by molar-refractivity contribution is -0.137. The number of piperazine rings is 1. The lowest BCUT2D eigenvalue weighted by Gasteiger charge is -2.35. The molecule has 1 atom stereocenters. The van der Waals surface area contributed by atoms with Crippen LogP contribution in [0, 0.1) is 0 Å². The molecular weight excluding hydrogens is 451 g/mol. The van der Waals surface area contributed by atoms with Crippen molar-refractivity contribution in [3.05, 3.63) is 28.8 Å². The minimum Gasteiger partial charge on any atom is -0.325 e. The third-order valence-corrected chi connectivity index (χ3v) is 6.11. The van der Waals surface area contributed by atoms with Crippen molar-refractivity contribution in [3.8, 4) is 0 Å². The van der Waals surface area contributed by atoms with Crippen LogP contribution in [0.4, 0.5) is 23.7 Å². The van der Waals surface area contributed by atoms with Crippen LogP contribution < -0.4 is 10.6 Å². The largest absolute Gasteiger partial charge is 0.417 e. The van der Waals surface area contributed by atoms with Gasteiger partial charge < -0.3 is 10.6 Å². The lowest BCUT2D eigenvalue weighted by atomic mass is 10.00. The smallest absolute Gasteiger partial charge is 0.325 e. The Morgan fingerprint density at radius 3 is 2.38 bits per heavy atom. The number of amides is 4. The van der Waals surface area contributed by atoms with Crippen LogP contribution in [0.1, 0.15) is 25.8 Å². The Balaban J connectivity index is 1.49. The second kappa shape index (κ2) is 9.24. The summed E-state index contributed by atoms with van der Waals surface area (Å²) in [5, 5.41) is 4.75. The van der Waals surface area contributed by atoms with Gasteiger partial charge in [0, 0.05) is 31.9 Å². The number of carbonyl (C=O) groups excluding carboxylic acids is 3. The highest BCUT2D eigenvalue weighted by atomic mass is 35.5. The predicted molar refractivity (Wildman–Crippen MR) is 112 cm³/mol. The topological polar surface area (TPSA) is 85.0 Å². The molecule has 0 aliphatic carbocycles. The molecule has 2 aliphatic heterocycles. The summed E-state index contributed by atoms with van der Waals surface area (Å²) in [6, 6.07) is 2.80. The number of urea groups is 1. The van der Waals surface area contributed by atoms with Crippen LogP contribution in [0.25, 0.3) is 0 Å². The maximum absolute atomic E-state index is 13.0. The van der Waals surface area contributed by atoms with Crippen LogP contribution in [-0.2, 0) is 15.8 Å². The molecule has 1 aromatic rings. The van der Waals surface area contributed by atoms with Crippen LogP contribution in [0.2, 0.25) is 5.02 Å². The van der Waals surface area contributed by atoms with Gasteiger partial charge in [-0.2, -0.15) is 13.2 Å². The number of carbonyl (C=O) groups is 3. The Bertz CT molecular complexity index is 905. The Kier molecular flexibility index (Phi) is 7.01. The number of nitrogens with one attached hydrogen (secondary N) is 2. The van der Waals surface area contributed by atoms with E-state index in [1.54, 1.807) is 6.92 Å². The summed E-state index contributed by atoms with van der Waals surface area (Å²) in [5.74, 6) is -0.699. The first-order chi connectivity index (χ1) is 14.9. The van der Waals surface area contributed by atoms with Crippen molar-refractivity contribution < 1.29 is 27.6 Å². The number of anilines is 1. The molecule has 0 saturated carbocycles. The molecule has 4 amide bonds. The normalized spacial score (nSPS) is 22.9. The number of imide groups is 1. The molecule has 0 spiro atoms. The van der Waals surface area contributed by atoms with E-state index in [1.165, 1.54) is 11.0 Å². The summed E-state index contributed by atoms with van der Waals surface area (Å²) in [6.07, 6.45) is -4.12. The van der Waals surface area contributed by atoms with Crippen molar-refractivity contribution in [1.29, 1.82) is 0 Å². The number of benzene rings is 1. The van der Waals surface area contributed by atoms with Gasteiger partial charge in [0.2, 0.25) is 5.91 Å². The highest BCUT2D eigenvalue weighted by Crippen LogP contribution is 2.36. The molecule has 8 nitrogen and oxygen atoms in total. The highest BCUT2D eigenvalue weighted by Gasteiger charge is 2.47. The van der Waals surface area contributed by atoms with Crippen LogP contribution in [0.5, 0.6) is 0 Å². The summed E-state index contributed by atoms with van der Waals surface area (Å²) in [7, 11) is 0. The number of nitrogens with zero attached hydrogens (tertiary/aromatic N) is 3. The zero-order valence-corrected chi connectivity index (χ0v) is 18.5. The Morgan fingerprint density at radius 1 is 1.19 bits per heavy atom. The van der Waals surface area contributed by atoms with Gasteiger partial charge >= 0.3 is 12.2 Å². The molecule has 2 aliphatic rings. The summed E-state index contributed by atoms with van der Waals surface area (Å²) in [6.45, 7) is 5.80. The van der Waals surface area contributed by atoms with Gasteiger partial charge in [-0.05, 0) is 31.5 Å². The van der Waals surface area contributed by atoms with Gasteiger partial charge in [0.15, 0.2) is 0 Å². The van der Waals surface area contributed by atoms with Crippen molar-refractivity contribution in [3.63, 3.8) is 0 Å². The number of hydrogen-bond donors (Lipinski definition) is 2. The number of alkyl halides is 3. The fraction of sp³-hybridized carbons (Fsp3) is 0.550. The second-order valence-electron chi connectivity index (χ2n) is 8.13. The molecule has 0 aromatic heterocycles. The van der Waals surface area contributed by atoms with Crippen molar-refractivity contribution in [2.75, 3.05) is 44.7 Å². The summed E-state index contributed by atoms with van der Waals surface area (Å²) >= 11 is 5.59. The molecule has 32 heavy (non-hydrogen) atoms. The van der Waals surface area contributed by atoms with Crippen LogP contribution in [0.15, 0.2) is 18.2 Å². The molecule has 2 fully saturated rings. The van der Waals surface area contributed by atoms with E-state index in [-0.39, 0.29) is 24.8 Å². The first kappa shape index (κ1) is 24.3. The van der Waals surface area contributed by atoms with E-state index in [0.717, 1.165) is 12.1 Å². The van der Waals surface area contributed by atoms with Crippen molar-refractivity contribution in [1.82, 2.24) is 20.0 Å². The van der Waals surface area contributed by atoms with Gasteiger partial charge in [-0.25, -0.2) is 9.69 Å². The van der Waals surface area contributed by atoms with Gasteiger partial charge in [-0.3, -0.25) is 19.4 Å². The molecule has 1 unspecified atom stereocenters. The Morgan fingerprint density at radius 2 is 1.81 bits per heavy atom. The monoisotopic (exact) mass is 475 g/mol. The average Bonchev–Trinajstić information content (AvgIpc) is 2.93. The highest BCUT2D eigenvalue weighted by molar-refractivity contribution is 6.31. The first-order valence-corrected chi connectivity index (χ1v) is 10.6. The number of hydrogen-bond acceptors (Lipinski definition) is 5. The zero-order chi connectivity index (χ0) is 23.7. The average molecular weight is 476 g/mol. The predicted octanol–water partition coefficient (Wildman–Crippen LogP) is 2.59. The third kappa shape index (κ3) is 5.33. The van der Waals surface area contributed by atoms with Crippen molar-refractivity contribution >= 4 is 35.1 Å². The van der Waals surface area contributed by atoms with Gasteiger partial charge in [-0.1, -0.05) is 18.5 Å². The quantitative estimate of drug-likeness (QED) is 0.618. The van der Waals surface area contributed by atoms with E-state index in [1.807, 2.05) is 16.7 Å². The van der Waals surface area contributed by atoms with E-state index >= 15 is 0 Å². The molecular formula is C20H25ClF3N5O3. The number of halogens is 4.